The first-order valence-corrected chi connectivity index (χ1v) is 9.37. The maximum atomic E-state index is 12.1. The van der Waals surface area contributed by atoms with E-state index in [2.05, 4.69) is 5.32 Å². The van der Waals surface area contributed by atoms with E-state index in [1.54, 1.807) is 28.4 Å². The summed E-state index contributed by atoms with van der Waals surface area (Å²) < 4.78 is 22.3. The van der Waals surface area contributed by atoms with Gasteiger partial charge in [0, 0.05) is 12.0 Å². The van der Waals surface area contributed by atoms with Crippen molar-refractivity contribution in [3.05, 3.63) is 35.4 Å². The molecule has 28 heavy (non-hydrogen) atoms. The SMILES string of the molecule is CCC(=O)N[C@H]1CCc2cc(OC)c(OC)c(OC)c2-c2ccc(OC)cc21. The second kappa shape index (κ2) is 8.42. The zero-order valence-corrected chi connectivity index (χ0v) is 17.0. The van der Waals surface area contributed by atoms with Gasteiger partial charge in [0.1, 0.15) is 5.75 Å². The summed E-state index contributed by atoms with van der Waals surface area (Å²) in [6.45, 7) is 1.85. The Balaban J connectivity index is 2.27. The van der Waals surface area contributed by atoms with Crippen LogP contribution in [0.3, 0.4) is 0 Å². The molecule has 0 saturated carbocycles. The number of methoxy groups -OCH3 is 4. The number of aryl methyl sites for hydroxylation is 1. The Bertz CT molecular complexity index is 878. The van der Waals surface area contributed by atoms with Crippen molar-refractivity contribution in [2.75, 3.05) is 28.4 Å². The van der Waals surface area contributed by atoms with E-state index < -0.39 is 0 Å². The monoisotopic (exact) mass is 385 g/mol. The van der Waals surface area contributed by atoms with E-state index in [-0.39, 0.29) is 11.9 Å². The maximum Gasteiger partial charge on any atom is 0.220 e. The fourth-order valence-electron chi connectivity index (χ4n) is 3.78. The number of rotatable bonds is 6. The van der Waals surface area contributed by atoms with Gasteiger partial charge in [-0.25, -0.2) is 0 Å². The molecule has 0 fully saturated rings. The Morgan fingerprint density at radius 2 is 1.79 bits per heavy atom. The fraction of sp³-hybridized carbons (Fsp3) is 0.409. The number of carbonyl (C=O) groups excluding carboxylic acids is 1. The van der Waals surface area contributed by atoms with Crippen molar-refractivity contribution in [2.45, 2.75) is 32.2 Å². The second-order valence-electron chi connectivity index (χ2n) is 6.64. The molecule has 1 aliphatic carbocycles. The lowest BCUT2D eigenvalue weighted by Gasteiger charge is -2.21. The number of hydrogen-bond donors (Lipinski definition) is 1. The summed E-state index contributed by atoms with van der Waals surface area (Å²) >= 11 is 0. The van der Waals surface area contributed by atoms with Crippen LogP contribution in [-0.4, -0.2) is 34.3 Å². The molecule has 6 nitrogen and oxygen atoms in total. The lowest BCUT2D eigenvalue weighted by atomic mass is 9.93. The molecule has 150 valence electrons. The smallest absolute Gasteiger partial charge is 0.220 e. The quantitative estimate of drug-likeness (QED) is 0.817. The zero-order valence-electron chi connectivity index (χ0n) is 17.0. The van der Waals surface area contributed by atoms with Gasteiger partial charge in [-0.15, -0.1) is 0 Å². The zero-order chi connectivity index (χ0) is 20.3. The van der Waals surface area contributed by atoms with Crippen LogP contribution < -0.4 is 24.3 Å². The lowest BCUT2D eigenvalue weighted by Crippen LogP contribution is -2.28. The van der Waals surface area contributed by atoms with Crippen molar-refractivity contribution in [1.29, 1.82) is 0 Å². The second-order valence-corrected chi connectivity index (χ2v) is 6.64. The molecule has 1 atom stereocenters. The molecule has 0 bridgehead atoms. The summed E-state index contributed by atoms with van der Waals surface area (Å²) in [7, 11) is 6.48. The van der Waals surface area contributed by atoms with Crippen LogP contribution >= 0.6 is 0 Å². The van der Waals surface area contributed by atoms with Crippen LogP contribution in [-0.2, 0) is 11.2 Å². The molecule has 0 unspecified atom stereocenters. The van der Waals surface area contributed by atoms with Crippen molar-refractivity contribution in [2.24, 2.45) is 0 Å². The Morgan fingerprint density at radius 3 is 2.39 bits per heavy atom. The van der Waals surface area contributed by atoms with Gasteiger partial charge in [-0.1, -0.05) is 13.0 Å². The van der Waals surface area contributed by atoms with Gasteiger partial charge in [0.2, 0.25) is 11.7 Å². The van der Waals surface area contributed by atoms with E-state index in [1.807, 2.05) is 31.2 Å². The van der Waals surface area contributed by atoms with Crippen molar-refractivity contribution in [3.63, 3.8) is 0 Å². The summed E-state index contributed by atoms with van der Waals surface area (Å²) in [6, 6.07) is 7.79. The van der Waals surface area contributed by atoms with Gasteiger partial charge in [0.05, 0.1) is 34.5 Å². The molecule has 2 aromatic carbocycles. The van der Waals surface area contributed by atoms with Crippen LogP contribution in [0.1, 0.15) is 36.9 Å². The molecule has 2 aromatic rings. The molecule has 0 saturated heterocycles. The van der Waals surface area contributed by atoms with Crippen molar-refractivity contribution >= 4 is 5.91 Å². The maximum absolute atomic E-state index is 12.1. The predicted octanol–water partition coefficient (Wildman–Crippen LogP) is 3.90. The van der Waals surface area contributed by atoms with E-state index in [4.69, 9.17) is 18.9 Å². The average molecular weight is 385 g/mol. The standard InChI is InChI=1S/C22H27NO5/c1-6-19(24)23-17-10-7-13-11-18(26-3)21(27-4)22(28-5)20(13)15-9-8-14(25-2)12-16(15)17/h8-9,11-12,17H,6-7,10H2,1-5H3,(H,23,24)/t17-/m0/s1. The van der Waals surface area contributed by atoms with Gasteiger partial charge in [0.25, 0.3) is 0 Å². The predicted molar refractivity (Wildman–Crippen MR) is 108 cm³/mol. The minimum absolute atomic E-state index is 0.0202. The Hall–Kier alpha value is -2.89. The van der Waals surface area contributed by atoms with Gasteiger partial charge >= 0.3 is 0 Å². The summed E-state index contributed by atoms with van der Waals surface area (Å²) in [6.07, 6.45) is 1.96. The van der Waals surface area contributed by atoms with Gasteiger partial charge < -0.3 is 24.3 Å². The van der Waals surface area contributed by atoms with Crippen LogP contribution in [0.5, 0.6) is 23.0 Å². The molecule has 0 spiro atoms. The van der Waals surface area contributed by atoms with Gasteiger partial charge in [0.15, 0.2) is 11.5 Å². The molecule has 6 heteroatoms. The van der Waals surface area contributed by atoms with Crippen LogP contribution in [0.15, 0.2) is 24.3 Å². The highest BCUT2D eigenvalue weighted by Gasteiger charge is 2.29. The number of nitrogens with one attached hydrogen (secondary N) is 1. The van der Waals surface area contributed by atoms with Gasteiger partial charge in [-0.3, -0.25) is 4.79 Å². The Morgan fingerprint density at radius 1 is 1.04 bits per heavy atom. The third-order valence-corrected chi connectivity index (χ3v) is 5.17. The average Bonchev–Trinajstić information content (AvgIpc) is 2.88. The number of hydrogen-bond acceptors (Lipinski definition) is 5. The first kappa shape index (κ1) is 19.9. The third kappa shape index (κ3) is 3.46. The molecule has 0 radical (unpaired) electrons. The van der Waals surface area contributed by atoms with E-state index in [9.17, 15) is 4.79 Å². The van der Waals surface area contributed by atoms with E-state index in [0.717, 1.165) is 40.8 Å². The van der Waals surface area contributed by atoms with Crippen molar-refractivity contribution in [1.82, 2.24) is 5.32 Å². The van der Waals surface area contributed by atoms with Crippen LogP contribution in [0.4, 0.5) is 0 Å². The summed E-state index contributed by atoms with van der Waals surface area (Å²) in [5, 5.41) is 3.15. The number of ether oxygens (including phenoxy) is 4. The molecule has 1 N–H and O–H groups in total. The normalized spacial score (nSPS) is 15.0. The van der Waals surface area contributed by atoms with Gasteiger partial charge in [-0.05, 0) is 47.7 Å². The summed E-state index contributed by atoms with van der Waals surface area (Å²) in [5.41, 5.74) is 4.05. The molecule has 1 amide bonds. The van der Waals surface area contributed by atoms with Crippen LogP contribution in [0.2, 0.25) is 0 Å². The molecule has 0 aromatic heterocycles. The number of amides is 1. The molecule has 0 aliphatic heterocycles. The highest BCUT2D eigenvalue weighted by Crippen LogP contribution is 2.50. The first-order chi connectivity index (χ1) is 13.6. The molecule has 1 aliphatic rings. The van der Waals surface area contributed by atoms with Crippen LogP contribution in [0.25, 0.3) is 11.1 Å². The van der Waals surface area contributed by atoms with Gasteiger partial charge in [-0.2, -0.15) is 0 Å². The van der Waals surface area contributed by atoms with Crippen molar-refractivity contribution in [3.8, 4) is 34.1 Å². The highest BCUT2D eigenvalue weighted by molar-refractivity contribution is 5.84. The largest absolute Gasteiger partial charge is 0.497 e. The molecule has 0 heterocycles. The first-order valence-electron chi connectivity index (χ1n) is 9.37. The van der Waals surface area contributed by atoms with E-state index in [0.29, 0.717) is 23.7 Å². The molecular formula is C22H27NO5. The Labute approximate surface area is 165 Å². The lowest BCUT2D eigenvalue weighted by molar-refractivity contribution is -0.121. The number of carbonyl (C=O) groups is 1. The van der Waals surface area contributed by atoms with E-state index in [1.165, 1.54) is 0 Å². The van der Waals surface area contributed by atoms with Crippen molar-refractivity contribution < 1.29 is 23.7 Å². The Kier molecular flexibility index (Phi) is 5.97. The minimum Gasteiger partial charge on any atom is -0.497 e. The van der Waals surface area contributed by atoms with E-state index >= 15 is 0 Å². The summed E-state index contributed by atoms with van der Waals surface area (Å²) in [4.78, 5) is 12.1. The molecular weight excluding hydrogens is 358 g/mol. The number of fused-ring (bicyclic) bond motifs is 3. The third-order valence-electron chi connectivity index (χ3n) is 5.17. The van der Waals surface area contributed by atoms with Crippen LogP contribution in [0, 0.1) is 0 Å². The molecule has 3 rings (SSSR count). The highest BCUT2D eigenvalue weighted by atomic mass is 16.5. The fourth-order valence-corrected chi connectivity index (χ4v) is 3.78. The number of benzene rings is 2. The topological polar surface area (TPSA) is 66.0 Å². The minimum atomic E-state index is -0.119. The summed E-state index contributed by atoms with van der Waals surface area (Å²) in [5.74, 6) is 2.58.